The van der Waals surface area contributed by atoms with Crippen molar-refractivity contribution >= 4 is 24.3 Å². The number of amides is 1. The Labute approximate surface area is 142 Å². The van der Waals surface area contributed by atoms with E-state index in [0.29, 0.717) is 31.2 Å². The smallest absolute Gasteiger partial charge is 0.308 e. The monoisotopic (exact) mass is 339 g/mol. The summed E-state index contributed by atoms with van der Waals surface area (Å²) >= 11 is 0. The van der Waals surface area contributed by atoms with Gasteiger partial charge in [0.05, 0.1) is 12.0 Å². The highest BCUT2D eigenvalue weighted by molar-refractivity contribution is 5.94. The Morgan fingerprint density at radius 2 is 1.74 bits per heavy atom. The van der Waals surface area contributed by atoms with Gasteiger partial charge in [0.2, 0.25) is 0 Å². The first-order valence-corrected chi connectivity index (χ1v) is 7.92. The second-order valence-corrected chi connectivity index (χ2v) is 6.12. The molecule has 1 saturated carbocycles. The van der Waals surface area contributed by atoms with Gasteiger partial charge >= 0.3 is 5.97 Å². The molecule has 1 N–H and O–H groups in total. The Balaban J connectivity index is 0.00000192. The zero-order chi connectivity index (χ0) is 15.5. The molecule has 1 unspecified atom stereocenters. The number of hydrogen-bond acceptors (Lipinski definition) is 3. The van der Waals surface area contributed by atoms with Crippen LogP contribution < -0.4 is 4.74 Å². The third-order valence-corrected chi connectivity index (χ3v) is 4.53. The first kappa shape index (κ1) is 17.6. The van der Waals surface area contributed by atoms with Crippen molar-refractivity contribution in [1.29, 1.82) is 0 Å². The first-order chi connectivity index (χ1) is 10.6. The molecule has 5 nitrogen and oxygen atoms in total. The highest BCUT2D eigenvalue weighted by Crippen LogP contribution is 2.25. The number of carboxylic acids is 1. The van der Waals surface area contributed by atoms with Gasteiger partial charge in [-0.2, -0.15) is 0 Å². The van der Waals surface area contributed by atoms with Gasteiger partial charge < -0.3 is 14.7 Å². The van der Waals surface area contributed by atoms with Gasteiger partial charge in [-0.25, -0.2) is 0 Å². The maximum atomic E-state index is 12.4. The van der Waals surface area contributed by atoms with Crippen LogP contribution in [0.3, 0.4) is 0 Å². The number of halogens is 1. The minimum atomic E-state index is -0.824. The summed E-state index contributed by atoms with van der Waals surface area (Å²) in [6, 6.07) is 7.19. The van der Waals surface area contributed by atoms with Gasteiger partial charge in [-0.3, -0.25) is 9.59 Å². The molecule has 0 radical (unpaired) electrons. The number of carboxylic acid groups (broad SMARTS) is 1. The van der Waals surface area contributed by atoms with Crippen LogP contribution in [0.5, 0.6) is 5.75 Å². The summed E-state index contributed by atoms with van der Waals surface area (Å²) < 4.78 is 5.88. The lowest BCUT2D eigenvalue weighted by atomic mass is 10.1. The van der Waals surface area contributed by atoms with Crippen molar-refractivity contribution in [3.05, 3.63) is 29.8 Å². The Morgan fingerprint density at radius 1 is 1.09 bits per heavy atom. The number of carbonyl (C=O) groups is 2. The van der Waals surface area contributed by atoms with E-state index in [4.69, 9.17) is 9.84 Å². The Bertz CT molecular complexity index is 554. The van der Waals surface area contributed by atoms with E-state index < -0.39 is 11.9 Å². The molecule has 126 valence electrons. The van der Waals surface area contributed by atoms with Gasteiger partial charge in [0.25, 0.3) is 5.91 Å². The van der Waals surface area contributed by atoms with Crippen molar-refractivity contribution in [2.24, 2.45) is 5.92 Å². The summed E-state index contributed by atoms with van der Waals surface area (Å²) in [5.74, 6) is -0.561. The Morgan fingerprint density at radius 3 is 2.30 bits per heavy atom. The molecule has 3 rings (SSSR count). The van der Waals surface area contributed by atoms with Gasteiger partial charge in [0, 0.05) is 18.7 Å². The van der Waals surface area contributed by atoms with Crippen LogP contribution in [-0.2, 0) is 4.79 Å². The number of likely N-dealkylation sites (tertiary alicyclic amines) is 1. The van der Waals surface area contributed by atoms with Crippen LogP contribution in [0.1, 0.15) is 42.5 Å². The molecule has 23 heavy (non-hydrogen) atoms. The second kappa shape index (κ2) is 7.68. The van der Waals surface area contributed by atoms with E-state index in [-0.39, 0.29) is 18.3 Å². The van der Waals surface area contributed by atoms with Gasteiger partial charge in [-0.05, 0) is 56.4 Å². The molecule has 6 heteroatoms. The number of carbonyl (C=O) groups excluding carboxylic acids is 1. The van der Waals surface area contributed by atoms with Crippen molar-refractivity contribution in [2.75, 3.05) is 13.1 Å². The normalized spacial score (nSPS) is 21.0. The molecule has 1 aliphatic carbocycles. The molecule has 1 aromatic rings. The summed E-state index contributed by atoms with van der Waals surface area (Å²) in [5.41, 5.74) is 0.588. The highest BCUT2D eigenvalue weighted by Gasteiger charge is 2.31. The molecule has 1 amide bonds. The summed E-state index contributed by atoms with van der Waals surface area (Å²) in [6.07, 6.45) is 5.48. The topological polar surface area (TPSA) is 66.8 Å². The number of hydrogen-bond donors (Lipinski definition) is 1. The first-order valence-electron chi connectivity index (χ1n) is 7.92. The van der Waals surface area contributed by atoms with E-state index in [2.05, 4.69) is 0 Å². The summed E-state index contributed by atoms with van der Waals surface area (Å²) in [6.45, 7) is 0.810. The standard InChI is InChI=1S/C17H21NO4.ClH/c19-16(18-10-9-13(11-18)17(20)21)12-5-7-15(8-6-12)22-14-3-1-2-4-14;/h5-8,13-14H,1-4,9-11H2,(H,20,21);1H. The van der Waals surface area contributed by atoms with Gasteiger partial charge in [-0.15, -0.1) is 12.4 Å². The van der Waals surface area contributed by atoms with Crippen molar-refractivity contribution in [3.8, 4) is 5.75 Å². The largest absolute Gasteiger partial charge is 0.490 e. The van der Waals surface area contributed by atoms with E-state index in [1.54, 1.807) is 17.0 Å². The molecule has 0 spiro atoms. The van der Waals surface area contributed by atoms with Crippen molar-refractivity contribution < 1.29 is 19.4 Å². The average Bonchev–Trinajstić information content (AvgIpc) is 3.18. The molecular formula is C17H22ClNO4. The number of benzene rings is 1. The molecule has 1 saturated heterocycles. The fourth-order valence-electron chi connectivity index (χ4n) is 3.20. The lowest BCUT2D eigenvalue weighted by Crippen LogP contribution is -2.29. The SMILES string of the molecule is Cl.O=C(O)C1CCN(C(=O)c2ccc(OC3CCCC3)cc2)C1. The summed E-state index contributed by atoms with van der Waals surface area (Å²) in [7, 11) is 0. The van der Waals surface area contributed by atoms with Crippen molar-refractivity contribution in [3.63, 3.8) is 0 Å². The van der Waals surface area contributed by atoms with Gasteiger partial charge in [0.1, 0.15) is 5.75 Å². The quantitative estimate of drug-likeness (QED) is 0.915. The maximum Gasteiger partial charge on any atom is 0.308 e. The minimum absolute atomic E-state index is 0. The molecule has 1 aliphatic heterocycles. The Kier molecular flexibility index (Phi) is 5.88. The number of rotatable bonds is 4. The fraction of sp³-hybridized carbons (Fsp3) is 0.529. The van der Waals surface area contributed by atoms with E-state index in [1.165, 1.54) is 12.8 Å². The molecule has 1 aromatic carbocycles. The van der Waals surface area contributed by atoms with Crippen LogP contribution in [0.15, 0.2) is 24.3 Å². The van der Waals surface area contributed by atoms with Crippen molar-refractivity contribution in [1.82, 2.24) is 4.90 Å². The Hall–Kier alpha value is -1.75. The van der Waals surface area contributed by atoms with Crippen LogP contribution in [0.2, 0.25) is 0 Å². The van der Waals surface area contributed by atoms with E-state index in [9.17, 15) is 9.59 Å². The zero-order valence-electron chi connectivity index (χ0n) is 12.9. The lowest BCUT2D eigenvalue weighted by Gasteiger charge is -2.17. The van der Waals surface area contributed by atoms with Gasteiger partial charge in [0.15, 0.2) is 0 Å². The highest BCUT2D eigenvalue weighted by atomic mass is 35.5. The van der Waals surface area contributed by atoms with E-state index in [0.717, 1.165) is 18.6 Å². The predicted molar refractivity (Wildman–Crippen MR) is 88.2 cm³/mol. The fourth-order valence-corrected chi connectivity index (χ4v) is 3.20. The molecule has 0 aromatic heterocycles. The van der Waals surface area contributed by atoms with Crippen LogP contribution in [0, 0.1) is 5.92 Å². The third kappa shape index (κ3) is 4.16. The second-order valence-electron chi connectivity index (χ2n) is 6.12. The number of ether oxygens (including phenoxy) is 1. The minimum Gasteiger partial charge on any atom is -0.490 e. The number of aliphatic carboxylic acids is 1. The summed E-state index contributed by atoms with van der Waals surface area (Å²) in [5, 5.41) is 9.00. The van der Waals surface area contributed by atoms with Crippen LogP contribution in [0.25, 0.3) is 0 Å². The zero-order valence-corrected chi connectivity index (χ0v) is 13.8. The van der Waals surface area contributed by atoms with Gasteiger partial charge in [-0.1, -0.05) is 0 Å². The van der Waals surface area contributed by atoms with Crippen LogP contribution in [0.4, 0.5) is 0 Å². The van der Waals surface area contributed by atoms with E-state index >= 15 is 0 Å². The van der Waals surface area contributed by atoms with Crippen LogP contribution in [-0.4, -0.2) is 41.1 Å². The molecule has 0 bridgehead atoms. The lowest BCUT2D eigenvalue weighted by molar-refractivity contribution is -0.141. The molecular weight excluding hydrogens is 318 g/mol. The maximum absolute atomic E-state index is 12.4. The molecule has 1 heterocycles. The van der Waals surface area contributed by atoms with E-state index in [1.807, 2.05) is 12.1 Å². The molecule has 2 aliphatic rings. The predicted octanol–water partition coefficient (Wildman–Crippen LogP) is 2.98. The molecule has 1 atom stereocenters. The third-order valence-electron chi connectivity index (χ3n) is 4.53. The van der Waals surface area contributed by atoms with Crippen molar-refractivity contribution in [2.45, 2.75) is 38.2 Å². The van der Waals surface area contributed by atoms with Crippen LogP contribution >= 0.6 is 12.4 Å². The molecule has 2 fully saturated rings. The average molecular weight is 340 g/mol. The number of nitrogens with zero attached hydrogens (tertiary/aromatic N) is 1. The summed E-state index contributed by atoms with van der Waals surface area (Å²) in [4.78, 5) is 24.9.